The minimum absolute atomic E-state index is 0. The van der Waals surface area contributed by atoms with E-state index in [1.165, 1.54) is 67.7 Å². The van der Waals surface area contributed by atoms with Crippen molar-refractivity contribution < 1.29 is 27.0 Å². The van der Waals surface area contributed by atoms with Gasteiger partial charge in [0.05, 0.1) is 19.1 Å². The van der Waals surface area contributed by atoms with Gasteiger partial charge >= 0.3 is 0 Å². The largest absolute Gasteiger partial charge is 1.00 e. The van der Waals surface area contributed by atoms with Crippen molar-refractivity contribution in [3.05, 3.63) is 63.4 Å². The average Bonchev–Trinajstić information content (AvgIpc) is 3.53. The summed E-state index contributed by atoms with van der Waals surface area (Å²) >= 11 is 2.54. The lowest BCUT2D eigenvalue weighted by atomic mass is 10.1. The highest BCUT2D eigenvalue weighted by molar-refractivity contribution is 7.08. The van der Waals surface area contributed by atoms with Gasteiger partial charge in [0.15, 0.2) is 0 Å². The van der Waals surface area contributed by atoms with Crippen LogP contribution < -0.4 is 21.5 Å². The molecule has 0 amide bonds. The lowest BCUT2D eigenvalue weighted by molar-refractivity contribution is -0.671. The minimum atomic E-state index is 0. The van der Waals surface area contributed by atoms with Crippen LogP contribution in [-0.4, -0.2) is 29.1 Å². The van der Waals surface area contributed by atoms with Crippen LogP contribution in [0, 0.1) is 0 Å². The summed E-state index contributed by atoms with van der Waals surface area (Å²) in [5.41, 5.74) is 2.11. The molecule has 0 atom stereocenters. The SMILES string of the molecule is [3H]c1cc(CCCCCCN(CC)CC)c([3H])s1.[3H]c1cc(CCCCCCn2cc[n+](C)c2)c([3H])s1.[Br-]. The van der Waals surface area contributed by atoms with Crippen LogP contribution in [-0.2, 0) is 26.4 Å². The summed E-state index contributed by atoms with van der Waals surface area (Å²) in [4.78, 5) is 2.47. The van der Waals surface area contributed by atoms with E-state index in [-0.39, 0.29) is 17.0 Å². The number of nitrogens with zero attached hydrogens (tertiary/aromatic N) is 3. The molecule has 0 aliphatic heterocycles. The first-order valence-electron chi connectivity index (χ1n) is 14.7. The van der Waals surface area contributed by atoms with E-state index in [0.717, 1.165) is 56.4 Å². The van der Waals surface area contributed by atoms with Gasteiger partial charge in [-0.2, -0.15) is 22.7 Å². The number of rotatable bonds is 16. The van der Waals surface area contributed by atoms with Crippen molar-refractivity contribution in [2.75, 3.05) is 19.6 Å². The third kappa shape index (κ3) is 14.4. The summed E-state index contributed by atoms with van der Waals surface area (Å²) in [5, 5.41) is 2.20. The second kappa shape index (κ2) is 20.3. The molecule has 0 aromatic carbocycles. The van der Waals surface area contributed by atoms with E-state index in [4.69, 9.17) is 5.48 Å². The fourth-order valence-corrected chi connectivity index (χ4v) is 4.94. The van der Waals surface area contributed by atoms with Crippen molar-refractivity contribution in [3.63, 3.8) is 0 Å². The van der Waals surface area contributed by atoms with Gasteiger partial charge in [-0.05, 0) is 109 Å². The Hall–Kier alpha value is -0.950. The molecule has 3 heterocycles. The lowest BCUT2D eigenvalue weighted by Gasteiger charge is -2.17. The number of hydrogen-bond donors (Lipinski definition) is 0. The minimum Gasteiger partial charge on any atom is -1.00 e. The highest BCUT2D eigenvalue weighted by Gasteiger charge is 2.00. The number of unbranched alkanes of at least 4 members (excludes halogenated alkanes) is 6. The van der Waals surface area contributed by atoms with E-state index in [0.29, 0.717) is 21.4 Å². The first-order valence-corrected chi connectivity index (χ1v) is 14.3. The maximum atomic E-state index is 7.72. The molecule has 0 saturated carbocycles. The van der Waals surface area contributed by atoms with E-state index < -0.39 is 0 Å². The molecular formula is C28H46BrN3S2. The fraction of sp³-hybridized carbons (Fsp3) is 0.607. The number of halogens is 1. The van der Waals surface area contributed by atoms with Crippen LogP contribution in [0.4, 0.5) is 0 Å². The molecular weight excluding hydrogens is 522 g/mol. The van der Waals surface area contributed by atoms with Gasteiger partial charge in [0, 0.05) is 0 Å². The third-order valence-corrected chi connectivity index (χ3v) is 7.15. The molecule has 0 radical (unpaired) electrons. The lowest BCUT2D eigenvalue weighted by Crippen LogP contribution is -3.00. The van der Waals surface area contributed by atoms with Crippen LogP contribution in [0.1, 0.15) is 81.8 Å². The average molecular weight is 577 g/mol. The summed E-state index contributed by atoms with van der Waals surface area (Å²) in [5.74, 6) is 0. The molecule has 0 aliphatic carbocycles. The maximum absolute atomic E-state index is 7.72. The molecule has 3 rings (SSSR count). The predicted molar refractivity (Wildman–Crippen MR) is 146 cm³/mol. The molecule has 0 unspecified atom stereocenters. The summed E-state index contributed by atoms with van der Waals surface area (Å²) in [6.07, 6.45) is 17.9. The van der Waals surface area contributed by atoms with Crippen molar-refractivity contribution in [2.45, 2.75) is 84.6 Å². The van der Waals surface area contributed by atoms with Crippen LogP contribution >= 0.6 is 22.7 Å². The van der Waals surface area contributed by atoms with Crippen LogP contribution in [0.25, 0.3) is 0 Å². The zero-order valence-corrected chi connectivity index (χ0v) is 24.5. The van der Waals surface area contributed by atoms with Gasteiger partial charge in [-0.3, -0.25) is 0 Å². The van der Waals surface area contributed by atoms with Gasteiger partial charge in [0.2, 0.25) is 6.33 Å². The second-order valence-electron chi connectivity index (χ2n) is 8.66. The third-order valence-electron chi connectivity index (χ3n) is 5.95. The van der Waals surface area contributed by atoms with Gasteiger partial charge in [-0.25, -0.2) is 9.13 Å². The van der Waals surface area contributed by atoms with Crippen molar-refractivity contribution in [1.29, 1.82) is 0 Å². The summed E-state index contributed by atoms with van der Waals surface area (Å²) in [6.45, 7) is 9.04. The molecule has 0 fully saturated rings. The molecule has 0 aliphatic rings. The number of aromatic nitrogens is 2. The molecule has 0 saturated heterocycles. The van der Waals surface area contributed by atoms with E-state index in [1.807, 2.05) is 19.2 Å². The molecule has 3 aromatic rings. The van der Waals surface area contributed by atoms with Crippen LogP contribution in [0.5, 0.6) is 0 Å². The number of hydrogen-bond acceptors (Lipinski definition) is 3. The Bertz CT molecular complexity index is 1020. The van der Waals surface area contributed by atoms with Crippen molar-refractivity contribution in [3.8, 4) is 0 Å². The van der Waals surface area contributed by atoms with Crippen molar-refractivity contribution in [2.24, 2.45) is 7.05 Å². The van der Waals surface area contributed by atoms with Gasteiger partial charge in [-0.1, -0.05) is 33.1 Å². The van der Waals surface area contributed by atoms with Crippen LogP contribution in [0.3, 0.4) is 0 Å². The highest BCUT2D eigenvalue weighted by Crippen LogP contribution is 2.12. The first-order chi connectivity index (χ1) is 17.8. The summed E-state index contributed by atoms with van der Waals surface area (Å²) < 4.78 is 34.7. The molecule has 3 aromatic heterocycles. The Balaban J connectivity index is 0.000000371. The normalized spacial score (nSPS) is 12.4. The number of imidazole rings is 1. The van der Waals surface area contributed by atoms with Gasteiger partial charge in [-0.15, -0.1) is 0 Å². The van der Waals surface area contributed by atoms with Crippen LogP contribution in [0.15, 0.2) is 52.3 Å². The Morgan fingerprint density at radius 3 is 1.88 bits per heavy atom. The molecule has 0 bridgehead atoms. The van der Waals surface area contributed by atoms with Crippen molar-refractivity contribution >= 4 is 22.7 Å². The molecule has 0 spiro atoms. The van der Waals surface area contributed by atoms with E-state index in [2.05, 4.69) is 46.6 Å². The van der Waals surface area contributed by atoms with Crippen LogP contribution in [0.2, 0.25) is 0 Å². The molecule has 192 valence electrons. The Kier molecular flexibility index (Phi) is 14.7. The maximum Gasteiger partial charge on any atom is 0.243 e. The topological polar surface area (TPSA) is 12.1 Å². The van der Waals surface area contributed by atoms with E-state index in [1.54, 1.807) is 0 Å². The van der Waals surface area contributed by atoms with Gasteiger partial charge < -0.3 is 21.9 Å². The number of aryl methyl sites for hydroxylation is 4. The molecule has 0 N–H and O–H groups in total. The molecule has 6 heteroatoms. The fourth-order valence-electron chi connectivity index (χ4n) is 3.84. The predicted octanol–water partition coefficient (Wildman–Crippen LogP) is 4.37. The van der Waals surface area contributed by atoms with E-state index in [9.17, 15) is 0 Å². The highest BCUT2D eigenvalue weighted by atomic mass is 79.9. The standard InChI is InChI=1S/C14H21N2S.C14H25NS.BrH/c1-15-9-10-16(13-15)8-5-3-2-4-6-14-7-11-17-12-14;1-3-15(4-2)11-8-6-5-7-9-14-10-12-16-13-14;/h7,9-13H,2-6,8H2,1H3;10,12-13H,3-9,11H2,1-2H3;1H/q+1;;/p-1/i11T,12T;12T,13T;. The van der Waals surface area contributed by atoms with E-state index >= 15 is 0 Å². The van der Waals surface area contributed by atoms with Gasteiger partial charge in [0.1, 0.15) is 12.4 Å². The Morgan fingerprint density at radius 2 is 1.41 bits per heavy atom. The molecule has 3 nitrogen and oxygen atoms in total. The molecule has 34 heavy (non-hydrogen) atoms. The Morgan fingerprint density at radius 1 is 0.853 bits per heavy atom. The van der Waals surface area contributed by atoms with Gasteiger partial charge in [0.25, 0.3) is 0 Å². The summed E-state index contributed by atoms with van der Waals surface area (Å²) in [6, 6.07) is 3.69. The zero-order valence-electron chi connectivity index (χ0n) is 25.3. The van der Waals surface area contributed by atoms with Crippen molar-refractivity contribution in [1.82, 2.24) is 9.47 Å². The second-order valence-corrected chi connectivity index (χ2v) is 9.94. The summed E-state index contributed by atoms with van der Waals surface area (Å²) in [7, 11) is 2.04. The monoisotopic (exact) mass is 575 g/mol. The first kappa shape index (κ1) is 24.7. The Labute approximate surface area is 233 Å². The zero-order chi connectivity index (χ0) is 27.0. The smallest absolute Gasteiger partial charge is 0.243 e. The number of thiophene rings is 2. The quantitative estimate of drug-likeness (QED) is 0.182.